The van der Waals surface area contributed by atoms with Crippen molar-refractivity contribution in [2.45, 2.75) is 12.7 Å². The van der Waals surface area contributed by atoms with Gasteiger partial charge < -0.3 is 5.32 Å². The minimum atomic E-state index is -4.51. The van der Waals surface area contributed by atoms with Gasteiger partial charge in [-0.3, -0.25) is 0 Å². The van der Waals surface area contributed by atoms with Crippen molar-refractivity contribution in [1.29, 1.82) is 0 Å². The van der Waals surface area contributed by atoms with Crippen LogP contribution in [-0.2, 0) is 12.7 Å². The Morgan fingerprint density at radius 2 is 1.85 bits per heavy atom. The number of hydrogen-bond donors (Lipinski definition) is 1. The lowest BCUT2D eigenvalue weighted by Gasteiger charge is -2.14. The van der Waals surface area contributed by atoms with E-state index < -0.39 is 11.7 Å². The highest BCUT2D eigenvalue weighted by atomic mass is 35.5. The number of aromatic nitrogens is 4. The van der Waals surface area contributed by atoms with Crippen molar-refractivity contribution >= 4 is 40.8 Å². The van der Waals surface area contributed by atoms with E-state index in [-0.39, 0.29) is 28.1 Å². The molecule has 0 bridgehead atoms. The Morgan fingerprint density at radius 3 is 2.58 bits per heavy atom. The number of benzene rings is 2. The molecule has 11 heteroatoms. The van der Waals surface area contributed by atoms with Gasteiger partial charge in [0.2, 0.25) is 5.95 Å². The highest BCUT2D eigenvalue weighted by molar-refractivity contribution is 6.43. The summed E-state index contributed by atoms with van der Waals surface area (Å²) in [6.07, 6.45) is -4.51. The Morgan fingerprint density at radius 1 is 1.08 bits per heavy atom. The first-order valence-corrected chi connectivity index (χ1v) is 8.23. The van der Waals surface area contributed by atoms with Gasteiger partial charge in [-0.05, 0) is 46.3 Å². The maximum atomic E-state index is 13.1. The second kappa shape index (κ2) is 7.30. The van der Waals surface area contributed by atoms with Crippen LogP contribution in [-0.4, -0.2) is 20.2 Å². The lowest BCUT2D eigenvalue weighted by molar-refractivity contribution is -0.138. The zero-order valence-electron chi connectivity index (χ0n) is 12.7. The Labute approximate surface area is 160 Å². The van der Waals surface area contributed by atoms with E-state index in [2.05, 4.69) is 20.8 Å². The van der Waals surface area contributed by atoms with E-state index in [9.17, 15) is 13.2 Å². The third-order valence-electron chi connectivity index (χ3n) is 3.44. The quantitative estimate of drug-likeness (QED) is 0.624. The summed E-state index contributed by atoms with van der Waals surface area (Å²) in [6, 6.07) is 8.20. The summed E-state index contributed by atoms with van der Waals surface area (Å²) in [5.74, 6) is 0.0993. The molecule has 0 unspecified atom stereocenters. The average molecular weight is 423 g/mol. The van der Waals surface area contributed by atoms with Gasteiger partial charge in [0.1, 0.15) is 0 Å². The molecular weight excluding hydrogens is 414 g/mol. The molecule has 2 aromatic carbocycles. The summed E-state index contributed by atoms with van der Waals surface area (Å²) in [4.78, 5) is 0. The number of rotatable bonds is 4. The largest absolute Gasteiger partial charge is 0.416 e. The lowest BCUT2D eigenvalue weighted by atomic mass is 10.1. The summed E-state index contributed by atoms with van der Waals surface area (Å²) in [5.41, 5.74) is -0.459. The molecule has 1 heterocycles. The molecule has 1 aromatic heterocycles. The molecule has 3 rings (SSSR count). The van der Waals surface area contributed by atoms with Gasteiger partial charge in [0.05, 0.1) is 21.3 Å². The molecule has 136 valence electrons. The van der Waals surface area contributed by atoms with E-state index in [1.807, 2.05) is 0 Å². The molecule has 5 nitrogen and oxygen atoms in total. The number of nitrogens with zero attached hydrogens (tertiary/aromatic N) is 4. The molecular formula is C15H9Cl3F3N5. The molecule has 0 aliphatic heterocycles. The predicted octanol–water partition coefficient (Wildman–Crippen LogP) is 5.25. The van der Waals surface area contributed by atoms with E-state index in [4.69, 9.17) is 34.8 Å². The third kappa shape index (κ3) is 3.87. The topological polar surface area (TPSA) is 55.6 Å². The molecule has 0 saturated heterocycles. The molecule has 0 amide bonds. The van der Waals surface area contributed by atoms with Gasteiger partial charge >= 0.3 is 6.18 Å². The number of nitrogens with one attached hydrogen (secondary N) is 1. The van der Waals surface area contributed by atoms with Crippen LogP contribution in [0, 0.1) is 0 Å². The van der Waals surface area contributed by atoms with Crippen LogP contribution in [0.25, 0.3) is 5.69 Å². The van der Waals surface area contributed by atoms with Crippen molar-refractivity contribution < 1.29 is 13.2 Å². The minimum absolute atomic E-state index is 0.0447. The van der Waals surface area contributed by atoms with Crippen LogP contribution >= 0.6 is 34.8 Å². The summed E-state index contributed by atoms with van der Waals surface area (Å²) in [6.45, 7) is -0.200. The standard InChI is InChI=1S/C15H9Cl3F3N5/c16-9-4-5-10(15(19,20)21)8(6-9)7-22-14-23-24-25-26(14)12-3-1-2-11(17)13(12)18/h1-6H,7H2,(H,22,23,25). The van der Waals surface area contributed by atoms with Crippen LogP contribution in [0.3, 0.4) is 0 Å². The second-order valence-electron chi connectivity index (χ2n) is 5.14. The first-order valence-electron chi connectivity index (χ1n) is 7.09. The fourth-order valence-electron chi connectivity index (χ4n) is 2.27. The monoisotopic (exact) mass is 421 g/mol. The van der Waals surface area contributed by atoms with E-state index >= 15 is 0 Å². The number of tetrazole rings is 1. The fraction of sp³-hybridized carbons (Fsp3) is 0.133. The Kier molecular flexibility index (Phi) is 5.27. The van der Waals surface area contributed by atoms with Crippen LogP contribution in [0.4, 0.5) is 19.1 Å². The van der Waals surface area contributed by atoms with Crippen LogP contribution < -0.4 is 5.32 Å². The van der Waals surface area contributed by atoms with Crippen molar-refractivity contribution in [3.05, 3.63) is 62.6 Å². The third-order valence-corrected chi connectivity index (χ3v) is 4.48. The predicted molar refractivity (Wildman–Crippen MR) is 93.0 cm³/mol. The number of anilines is 1. The van der Waals surface area contributed by atoms with Gasteiger partial charge in [0.25, 0.3) is 0 Å². The zero-order valence-corrected chi connectivity index (χ0v) is 15.0. The number of alkyl halides is 3. The maximum absolute atomic E-state index is 13.1. The summed E-state index contributed by atoms with van der Waals surface area (Å²) >= 11 is 17.9. The molecule has 26 heavy (non-hydrogen) atoms. The van der Waals surface area contributed by atoms with E-state index in [1.165, 1.54) is 16.8 Å². The molecule has 0 spiro atoms. The molecule has 3 aromatic rings. The molecule has 0 aliphatic carbocycles. The fourth-order valence-corrected chi connectivity index (χ4v) is 2.85. The van der Waals surface area contributed by atoms with Crippen molar-refractivity contribution in [2.24, 2.45) is 0 Å². The highest BCUT2D eigenvalue weighted by Crippen LogP contribution is 2.34. The number of halogens is 6. The SMILES string of the molecule is FC(F)(F)c1ccc(Cl)cc1CNc1nnnn1-c1cccc(Cl)c1Cl. The smallest absolute Gasteiger partial charge is 0.349 e. The second-order valence-corrected chi connectivity index (χ2v) is 6.36. The van der Waals surface area contributed by atoms with Gasteiger partial charge in [-0.2, -0.15) is 17.9 Å². The van der Waals surface area contributed by atoms with Crippen molar-refractivity contribution in [1.82, 2.24) is 20.2 Å². The van der Waals surface area contributed by atoms with Gasteiger partial charge in [-0.15, -0.1) is 0 Å². The molecule has 0 atom stereocenters. The normalized spacial score (nSPS) is 11.6. The molecule has 0 fully saturated rings. The Bertz CT molecular complexity index is 943. The van der Waals surface area contributed by atoms with E-state index in [1.54, 1.807) is 18.2 Å². The van der Waals surface area contributed by atoms with E-state index in [0.717, 1.165) is 6.07 Å². The van der Waals surface area contributed by atoms with Crippen LogP contribution in [0.5, 0.6) is 0 Å². The van der Waals surface area contributed by atoms with Gasteiger partial charge in [-0.25, -0.2) is 0 Å². The minimum Gasteiger partial charge on any atom is -0.349 e. The summed E-state index contributed by atoms with van der Waals surface area (Å²) in [5, 5.41) is 14.5. The molecule has 0 saturated carbocycles. The molecule has 1 N–H and O–H groups in total. The van der Waals surface area contributed by atoms with Gasteiger partial charge in [0.15, 0.2) is 0 Å². The first kappa shape index (κ1) is 18.8. The van der Waals surface area contributed by atoms with Crippen LogP contribution in [0.1, 0.15) is 11.1 Å². The Hall–Kier alpha value is -2.03. The number of hydrogen-bond acceptors (Lipinski definition) is 4. The lowest BCUT2D eigenvalue weighted by Crippen LogP contribution is -2.13. The highest BCUT2D eigenvalue weighted by Gasteiger charge is 2.33. The molecule has 0 radical (unpaired) electrons. The zero-order chi connectivity index (χ0) is 18.9. The first-order chi connectivity index (χ1) is 12.3. The van der Waals surface area contributed by atoms with Crippen molar-refractivity contribution in [2.75, 3.05) is 5.32 Å². The maximum Gasteiger partial charge on any atom is 0.416 e. The van der Waals surface area contributed by atoms with Crippen LogP contribution in [0.2, 0.25) is 15.1 Å². The summed E-state index contributed by atoms with van der Waals surface area (Å²) < 4.78 is 40.7. The van der Waals surface area contributed by atoms with Gasteiger partial charge in [-0.1, -0.05) is 46.0 Å². The molecule has 0 aliphatic rings. The van der Waals surface area contributed by atoms with E-state index in [0.29, 0.717) is 10.7 Å². The van der Waals surface area contributed by atoms with Crippen molar-refractivity contribution in [3.63, 3.8) is 0 Å². The van der Waals surface area contributed by atoms with Gasteiger partial charge in [0, 0.05) is 11.6 Å². The Balaban J connectivity index is 1.90. The van der Waals surface area contributed by atoms with Crippen LogP contribution in [0.15, 0.2) is 36.4 Å². The summed E-state index contributed by atoms with van der Waals surface area (Å²) in [7, 11) is 0. The average Bonchev–Trinajstić information content (AvgIpc) is 3.02. The van der Waals surface area contributed by atoms with Crippen molar-refractivity contribution in [3.8, 4) is 5.69 Å².